The van der Waals surface area contributed by atoms with Crippen LogP contribution < -0.4 is 5.32 Å². The zero-order chi connectivity index (χ0) is 36.4. The molecular formula is C33H59N5O10. The van der Waals surface area contributed by atoms with Crippen LogP contribution in [0.5, 0.6) is 0 Å². The van der Waals surface area contributed by atoms with Crippen molar-refractivity contribution < 1.29 is 48.0 Å². The molecule has 2 fully saturated rings. The van der Waals surface area contributed by atoms with Gasteiger partial charge in [0, 0.05) is 65.8 Å². The van der Waals surface area contributed by atoms with Crippen LogP contribution in [-0.2, 0) is 42.9 Å². The van der Waals surface area contributed by atoms with Gasteiger partial charge >= 0.3 is 29.8 Å². The number of carboxylic acid groups (broad SMARTS) is 1. The summed E-state index contributed by atoms with van der Waals surface area (Å²) < 4.78 is 22.4. The topological polar surface area (TPSA) is 167 Å². The Morgan fingerprint density at radius 1 is 0.625 bits per heavy atom. The maximum absolute atomic E-state index is 13.0. The number of esters is 4. The van der Waals surface area contributed by atoms with E-state index in [1.54, 1.807) is 62.3 Å². The Hall–Kier alpha value is -2.85. The van der Waals surface area contributed by atoms with E-state index in [-0.39, 0.29) is 32.1 Å². The van der Waals surface area contributed by atoms with Crippen molar-refractivity contribution in [2.45, 2.75) is 104 Å². The minimum Gasteiger partial charge on any atom is -0.480 e. The van der Waals surface area contributed by atoms with Crippen molar-refractivity contribution in [1.29, 1.82) is 0 Å². The van der Waals surface area contributed by atoms with Crippen molar-refractivity contribution in [3.05, 3.63) is 0 Å². The Morgan fingerprint density at radius 3 is 1.25 bits per heavy atom. The predicted molar refractivity (Wildman–Crippen MR) is 177 cm³/mol. The number of carbonyl (C=O) groups excluding carboxylic acids is 4. The molecule has 2 heterocycles. The lowest BCUT2D eigenvalue weighted by Crippen LogP contribution is -2.57. The molecule has 0 aromatic rings. The molecule has 2 aliphatic heterocycles. The fourth-order valence-corrected chi connectivity index (χ4v) is 5.70. The molecule has 0 aliphatic carbocycles. The third-order valence-corrected chi connectivity index (χ3v) is 7.46. The molecule has 3 atom stereocenters. The van der Waals surface area contributed by atoms with Crippen molar-refractivity contribution in [1.82, 2.24) is 24.9 Å². The van der Waals surface area contributed by atoms with Gasteiger partial charge in [0.05, 0.1) is 25.7 Å². The molecule has 15 nitrogen and oxygen atoms in total. The average Bonchev–Trinajstić information content (AvgIpc) is 3.28. The second-order valence-corrected chi connectivity index (χ2v) is 15.5. The first-order valence-corrected chi connectivity index (χ1v) is 16.7. The zero-order valence-corrected chi connectivity index (χ0v) is 30.6. The minimum absolute atomic E-state index is 0.0159. The molecule has 0 bridgehead atoms. The molecule has 2 aliphatic rings. The lowest BCUT2D eigenvalue weighted by atomic mass is 10.0. The van der Waals surface area contributed by atoms with Gasteiger partial charge in [0.2, 0.25) is 0 Å². The number of carbonyl (C=O) groups is 5. The molecule has 15 heteroatoms. The first-order valence-electron chi connectivity index (χ1n) is 16.7. The number of ether oxygens (including phenoxy) is 4. The van der Waals surface area contributed by atoms with Crippen molar-refractivity contribution >= 4 is 29.8 Å². The van der Waals surface area contributed by atoms with Gasteiger partial charge in [-0.2, -0.15) is 0 Å². The Balaban J connectivity index is 2.44. The van der Waals surface area contributed by atoms with Gasteiger partial charge in [-0.05, 0) is 62.3 Å². The Bertz CT molecular complexity index is 1070. The Labute approximate surface area is 285 Å². The maximum Gasteiger partial charge on any atom is 0.322 e. The van der Waals surface area contributed by atoms with Gasteiger partial charge in [-0.3, -0.25) is 48.9 Å². The van der Waals surface area contributed by atoms with E-state index < -0.39 is 58.9 Å². The van der Waals surface area contributed by atoms with Crippen molar-refractivity contribution in [3.63, 3.8) is 0 Å². The van der Waals surface area contributed by atoms with Gasteiger partial charge in [-0.15, -0.1) is 0 Å². The molecule has 0 saturated carbocycles. The summed E-state index contributed by atoms with van der Waals surface area (Å²) in [5.74, 6) is -2.80. The van der Waals surface area contributed by atoms with E-state index in [1.165, 1.54) is 6.92 Å². The molecule has 2 rings (SSSR count). The number of nitrogens with one attached hydrogen (secondary N) is 1. The van der Waals surface area contributed by atoms with E-state index in [9.17, 15) is 29.1 Å². The third kappa shape index (κ3) is 16.0. The standard InChI is InChI=1S/C33H59N5O10/c1-23(39)45-24-19-34-28(30(43)44)29(24)38-17-15-36(21-26(41)47-32(5,6)7)13-11-35(20-25(40)46-31(2,3)4)12-14-37(16-18-38)22-27(42)48-33(8,9)10/h24,28-29,34H,11-22H2,1-10H3,(H,43,44)/t24-,28-,29+/m0/s1. The molecule has 0 amide bonds. The van der Waals surface area contributed by atoms with Crippen molar-refractivity contribution in [3.8, 4) is 0 Å². The summed E-state index contributed by atoms with van der Waals surface area (Å²) in [6, 6.07) is -1.71. The van der Waals surface area contributed by atoms with Crippen molar-refractivity contribution in [2.75, 3.05) is 78.5 Å². The lowest BCUT2D eigenvalue weighted by molar-refractivity contribution is -0.158. The predicted octanol–water partition coefficient (Wildman–Crippen LogP) is 0.590. The van der Waals surface area contributed by atoms with E-state index in [4.69, 9.17) is 18.9 Å². The number of carboxylic acids is 1. The fraction of sp³-hybridized carbons (Fsp3) is 0.848. The Morgan fingerprint density at radius 2 is 0.958 bits per heavy atom. The highest BCUT2D eigenvalue weighted by molar-refractivity contribution is 5.76. The third-order valence-electron chi connectivity index (χ3n) is 7.46. The number of hydrogen-bond acceptors (Lipinski definition) is 14. The fourth-order valence-electron chi connectivity index (χ4n) is 5.70. The molecule has 48 heavy (non-hydrogen) atoms. The van der Waals surface area contributed by atoms with Gasteiger partial charge in [0.25, 0.3) is 0 Å². The number of nitrogens with zero attached hydrogens (tertiary/aromatic N) is 4. The van der Waals surface area contributed by atoms with Crippen LogP contribution in [0, 0.1) is 0 Å². The number of aliphatic carboxylic acids is 1. The first kappa shape index (κ1) is 41.3. The zero-order valence-electron chi connectivity index (χ0n) is 30.6. The maximum atomic E-state index is 13.0. The molecule has 0 radical (unpaired) electrons. The number of rotatable bonds is 9. The molecule has 0 aromatic heterocycles. The van der Waals surface area contributed by atoms with Gasteiger partial charge in [0.15, 0.2) is 0 Å². The summed E-state index contributed by atoms with van der Waals surface area (Å²) >= 11 is 0. The van der Waals surface area contributed by atoms with E-state index in [1.807, 2.05) is 19.6 Å². The SMILES string of the molecule is CC(=O)O[C@H]1CN[C@H](C(=O)O)[C@@H]1N1CCN(CC(=O)OC(C)(C)C)CCN(CC(=O)OC(C)(C)C)CCN(CC(=O)OC(C)(C)C)CC1. The summed E-state index contributed by atoms with van der Waals surface area (Å²) in [5.41, 5.74) is -2.03. The molecule has 2 saturated heterocycles. The highest BCUT2D eigenvalue weighted by Crippen LogP contribution is 2.20. The Kier molecular flexibility index (Phi) is 15.2. The molecule has 2 N–H and O–H groups in total. The molecule has 0 aromatic carbocycles. The van der Waals surface area contributed by atoms with Crippen LogP contribution >= 0.6 is 0 Å². The smallest absolute Gasteiger partial charge is 0.322 e. The van der Waals surface area contributed by atoms with Crippen LogP contribution in [0.25, 0.3) is 0 Å². The van der Waals surface area contributed by atoms with Gasteiger partial charge in [-0.25, -0.2) is 0 Å². The first-order chi connectivity index (χ1) is 22.0. The largest absolute Gasteiger partial charge is 0.480 e. The monoisotopic (exact) mass is 685 g/mol. The highest BCUT2D eigenvalue weighted by Gasteiger charge is 2.45. The summed E-state index contributed by atoms with van der Waals surface area (Å²) in [7, 11) is 0. The second kappa shape index (κ2) is 17.7. The van der Waals surface area contributed by atoms with E-state index in [0.29, 0.717) is 52.4 Å². The minimum atomic E-state index is -1.07. The summed E-state index contributed by atoms with van der Waals surface area (Å²) in [5, 5.41) is 13.1. The lowest BCUT2D eigenvalue weighted by Gasteiger charge is -2.38. The van der Waals surface area contributed by atoms with Gasteiger partial charge in [0.1, 0.15) is 28.9 Å². The molecule has 0 unspecified atom stereocenters. The number of hydrogen-bond donors (Lipinski definition) is 2. The van der Waals surface area contributed by atoms with Gasteiger partial charge in [-0.1, -0.05) is 0 Å². The summed E-state index contributed by atoms with van der Waals surface area (Å²) in [6.45, 7) is 20.5. The van der Waals surface area contributed by atoms with Crippen LogP contribution in [0.1, 0.15) is 69.2 Å². The molecule has 276 valence electrons. The highest BCUT2D eigenvalue weighted by atomic mass is 16.6. The van der Waals surface area contributed by atoms with Crippen molar-refractivity contribution in [2.24, 2.45) is 0 Å². The van der Waals surface area contributed by atoms with Gasteiger partial charge < -0.3 is 24.1 Å². The van der Waals surface area contributed by atoms with Crippen LogP contribution in [0.2, 0.25) is 0 Å². The normalized spacial score (nSPS) is 23.4. The summed E-state index contributed by atoms with van der Waals surface area (Å²) in [4.78, 5) is 70.9. The molecular weight excluding hydrogens is 626 g/mol. The summed E-state index contributed by atoms with van der Waals surface area (Å²) in [6.07, 6.45) is -0.723. The van der Waals surface area contributed by atoms with E-state index in [2.05, 4.69) is 5.32 Å². The van der Waals surface area contributed by atoms with Crippen LogP contribution in [0.4, 0.5) is 0 Å². The molecule has 0 spiro atoms. The second-order valence-electron chi connectivity index (χ2n) is 15.5. The van der Waals surface area contributed by atoms with E-state index in [0.717, 1.165) is 0 Å². The van der Waals surface area contributed by atoms with Crippen LogP contribution in [-0.4, -0.2) is 168 Å². The quantitative estimate of drug-likeness (QED) is 0.256. The average molecular weight is 686 g/mol. The van der Waals surface area contributed by atoms with E-state index >= 15 is 0 Å². The van der Waals surface area contributed by atoms with Crippen LogP contribution in [0.3, 0.4) is 0 Å². The van der Waals surface area contributed by atoms with Crippen LogP contribution in [0.15, 0.2) is 0 Å².